The van der Waals surface area contributed by atoms with Gasteiger partial charge in [0, 0.05) is 12.6 Å². The van der Waals surface area contributed by atoms with Crippen molar-refractivity contribution < 1.29 is 17.7 Å². The van der Waals surface area contributed by atoms with Gasteiger partial charge in [-0.2, -0.15) is 0 Å². The van der Waals surface area contributed by atoms with Crippen molar-refractivity contribution in [3.05, 3.63) is 33.6 Å². The Labute approximate surface area is 146 Å². The standard InChI is InChI=1S/C14H20FN3O4S.ClH/c1-10-12(15)7-11(8-13(10)18(19)20)23(21,22)17-9-14(2)3-5-16-6-4-14;/h7-8,16-17H,3-6,9H2,1-2H3;1H. The van der Waals surface area contributed by atoms with Crippen LogP contribution in [0.1, 0.15) is 25.3 Å². The van der Waals surface area contributed by atoms with E-state index >= 15 is 0 Å². The van der Waals surface area contributed by atoms with Gasteiger partial charge in [-0.25, -0.2) is 17.5 Å². The summed E-state index contributed by atoms with van der Waals surface area (Å²) in [6, 6.07) is 1.71. The van der Waals surface area contributed by atoms with E-state index in [4.69, 9.17) is 0 Å². The fourth-order valence-electron chi connectivity index (χ4n) is 2.54. The van der Waals surface area contributed by atoms with Crippen LogP contribution in [0.2, 0.25) is 0 Å². The van der Waals surface area contributed by atoms with E-state index in [-0.39, 0.29) is 29.9 Å². The molecular weight excluding hydrogens is 361 g/mol. The lowest BCUT2D eigenvalue weighted by molar-refractivity contribution is -0.385. The first-order chi connectivity index (χ1) is 10.6. The Morgan fingerprint density at radius 3 is 2.50 bits per heavy atom. The molecule has 2 rings (SSSR count). The molecule has 1 heterocycles. The molecule has 10 heteroatoms. The molecule has 0 aliphatic carbocycles. The second-order valence-electron chi connectivity index (χ2n) is 6.19. The molecule has 1 aromatic rings. The van der Waals surface area contributed by atoms with Crippen LogP contribution >= 0.6 is 12.4 Å². The topological polar surface area (TPSA) is 101 Å². The summed E-state index contributed by atoms with van der Waals surface area (Å²) in [7, 11) is -4.01. The molecular formula is C14H21ClFN3O4S. The van der Waals surface area contributed by atoms with Crippen molar-refractivity contribution in [2.75, 3.05) is 19.6 Å². The Morgan fingerprint density at radius 1 is 1.38 bits per heavy atom. The molecule has 0 radical (unpaired) electrons. The van der Waals surface area contributed by atoms with E-state index in [1.54, 1.807) is 0 Å². The predicted octanol–water partition coefficient (Wildman–Crippen LogP) is 2.13. The zero-order chi connectivity index (χ0) is 17.3. The van der Waals surface area contributed by atoms with E-state index in [9.17, 15) is 22.9 Å². The number of nitro benzene ring substituents is 1. The van der Waals surface area contributed by atoms with Crippen molar-refractivity contribution in [1.82, 2.24) is 10.0 Å². The van der Waals surface area contributed by atoms with Gasteiger partial charge in [-0.1, -0.05) is 6.92 Å². The third kappa shape index (κ3) is 4.62. The predicted molar refractivity (Wildman–Crippen MR) is 90.4 cm³/mol. The number of piperidine rings is 1. The minimum Gasteiger partial charge on any atom is -0.317 e. The minimum absolute atomic E-state index is 0. The van der Waals surface area contributed by atoms with Crippen LogP contribution in [-0.2, 0) is 10.0 Å². The Balaban J connectivity index is 0.00000288. The van der Waals surface area contributed by atoms with Crippen molar-refractivity contribution >= 4 is 28.1 Å². The maximum atomic E-state index is 13.8. The van der Waals surface area contributed by atoms with Gasteiger partial charge in [0.1, 0.15) is 5.82 Å². The average molecular weight is 382 g/mol. The number of nitrogens with zero attached hydrogens (tertiary/aromatic N) is 1. The first-order valence-corrected chi connectivity index (χ1v) is 8.78. The summed E-state index contributed by atoms with van der Waals surface area (Å²) in [4.78, 5) is 9.71. The lowest BCUT2D eigenvalue weighted by Gasteiger charge is -2.34. The number of hydrogen-bond donors (Lipinski definition) is 2. The highest BCUT2D eigenvalue weighted by Gasteiger charge is 2.30. The monoisotopic (exact) mass is 381 g/mol. The van der Waals surface area contributed by atoms with Crippen LogP contribution in [0.3, 0.4) is 0 Å². The number of rotatable bonds is 5. The molecule has 0 aromatic heterocycles. The number of benzene rings is 1. The lowest BCUT2D eigenvalue weighted by atomic mass is 9.81. The second kappa shape index (κ2) is 7.73. The summed E-state index contributed by atoms with van der Waals surface area (Å²) in [5.74, 6) is -0.910. The van der Waals surface area contributed by atoms with Crippen molar-refractivity contribution in [3.8, 4) is 0 Å². The van der Waals surface area contributed by atoms with Crippen LogP contribution in [0, 0.1) is 28.3 Å². The van der Waals surface area contributed by atoms with E-state index in [2.05, 4.69) is 10.0 Å². The Hall–Kier alpha value is -1.29. The van der Waals surface area contributed by atoms with Crippen LogP contribution in [0.5, 0.6) is 0 Å². The van der Waals surface area contributed by atoms with Gasteiger partial charge in [0.05, 0.1) is 15.4 Å². The maximum absolute atomic E-state index is 13.8. The van der Waals surface area contributed by atoms with E-state index in [0.717, 1.165) is 38.1 Å². The van der Waals surface area contributed by atoms with Crippen molar-refractivity contribution in [3.63, 3.8) is 0 Å². The Bertz CT molecular complexity index is 721. The molecule has 1 aromatic carbocycles. The Morgan fingerprint density at radius 2 is 1.96 bits per heavy atom. The van der Waals surface area contributed by atoms with Crippen LogP contribution < -0.4 is 10.0 Å². The molecule has 0 spiro atoms. The molecule has 2 N–H and O–H groups in total. The lowest BCUT2D eigenvalue weighted by Crippen LogP contribution is -2.42. The van der Waals surface area contributed by atoms with Crippen LogP contribution in [0.15, 0.2) is 17.0 Å². The van der Waals surface area contributed by atoms with Crippen LogP contribution in [0.4, 0.5) is 10.1 Å². The third-order valence-corrected chi connectivity index (χ3v) is 5.68. The summed E-state index contributed by atoms with van der Waals surface area (Å²) in [6.45, 7) is 5.05. The van der Waals surface area contributed by atoms with Crippen LogP contribution in [-0.4, -0.2) is 33.0 Å². The van der Waals surface area contributed by atoms with Gasteiger partial charge in [-0.05, 0) is 44.3 Å². The first-order valence-electron chi connectivity index (χ1n) is 7.30. The summed E-state index contributed by atoms with van der Waals surface area (Å²) < 4.78 is 40.9. The molecule has 1 fully saturated rings. The summed E-state index contributed by atoms with van der Waals surface area (Å²) >= 11 is 0. The summed E-state index contributed by atoms with van der Waals surface area (Å²) in [6.07, 6.45) is 1.63. The maximum Gasteiger partial charge on any atom is 0.276 e. The molecule has 1 aliphatic rings. The number of halogens is 2. The zero-order valence-electron chi connectivity index (χ0n) is 13.5. The molecule has 0 atom stereocenters. The molecule has 0 unspecified atom stereocenters. The smallest absolute Gasteiger partial charge is 0.276 e. The summed E-state index contributed by atoms with van der Waals surface area (Å²) in [5.41, 5.74) is -0.911. The molecule has 0 bridgehead atoms. The van der Waals surface area contributed by atoms with Crippen molar-refractivity contribution in [2.24, 2.45) is 5.41 Å². The zero-order valence-corrected chi connectivity index (χ0v) is 15.1. The van der Waals surface area contributed by atoms with Gasteiger partial charge in [0.15, 0.2) is 0 Å². The van der Waals surface area contributed by atoms with Gasteiger partial charge in [0.25, 0.3) is 5.69 Å². The largest absolute Gasteiger partial charge is 0.317 e. The first kappa shape index (κ1) is 20.8. The molecule has 0 saturated carbocycles. The van der Waals surface area contributed by atoms with E-state index in [1.165, 1.54) is 6.92 Å². The van der Waals surface area contributed by atoms with Gasteiger partial charge in [-0.3, -0.25) is 10.1 Å². The van der Waals surface area contributed by atoms with E-state index < -0.39 is 31.3 Å². The highest BCUT2D eigenvalue weighted by molar-refractivity contribution is 7.89. The molecule has 1 saturated heterocycles. The molecule has 0 amide bonds. The van der Waals surface area contributed by atoms with E-state index in [1.807, 2.05) is 6.92 Å². The highest BCUT2D eigenvalue weighted by Crippen LogP contribution is 2.29. The van der Waals surface area contributed by atoms with Gasteiger partial charge in [0.2, 0.25) is 10.0 Å². The molecule has 7 nitrogen and oxygen atoms in total. The fourth-order valence-corrected chi connectivity index (χ4v) is 3.78. The molecule has 24 heavy (non-hydrogen) atoms. The Kier molecular flexibility index (Phi) is 6.68. The number of hydrogen-bond acceptors (Lipinski definition) is 5. The normalized spacial score (nSPS) is 17.1. The summed E-state index contributed by atoms with van der Waals surface area (Å²) in [5, 5.41) is 14.1. The number of sulfonamides is 1. The minimum atomic E-state index is -4.01. The van der Waals surface area contributed by atoms with Gasteiger partial charge >= 0.3 is 0 Å². The van der Waals surface area contributed by atoms with Gasteiger partial charge < -0.3 is 5.32 Å². The number of nitrogens with one attached hydrogen (secondary N) is 2. The van der Waals surface area contributed by atoms with Gasteiger partial charge in [-0.15, -0.1) is 12.4 Å². The fraction of sp³-hybridized carbons (Fsp3) is 0.571. The molecule has 1 aliphatic heterocycles. The quantitative estimate of drug-likeness (QED) is 0.601. The van der Waals surface area contributed by atoms with E-state index in [0.29, 0.717) is 0 Å². The van der Waals surface area contributed by atoms with Crippen molar-refractivity contribution in [2.45, 2.75) is 31.6 Å². The van der Waals surface area contributed by atoms with Crippen molar-refractivity contribution in [1.29, 1.82) is 0 Å². The molecule has 136 valence electrons. The number of nitro groups is 1. The van der Waals surface area contributed by atoms with Crippen LogP contribution in [0.25, 0.3) is 0 Å². The highest BCUT2D eigenvalue weighted by atomic mass is 35.5. The average Bonchev–Trinajstić information content (AvgIpc) is 2.48. The third-order valence-electron chi connectivity index (χ3n) is 4.30. The second-order valence-corrected chi connectivity index (χ2v) is 7.96. The SMILES string of the molecule is Cc1c(F)cc(S(=O)(=O)NCC2(C)CCNCC2)cc1[N+](=O)[O-].Cl.